The number of methoxy groups -OCH3 is 1. The highest BCUT2D eigenvalue weighted by Gasteiger charge is 2.51. The average Bonchev–Trinajstić information content (AvgIpc) is 3.09. The predicted molar refractivity (Wildman–Crippen MR) is 60.7 cm³/mol. The van der Waals surface area contributed by atoms with Crippen LogP contribution in [0.3, 0.4) is 0 Å². The minimum Gasteiger partial charge on any atom is -0.481 e. The molecule has 4 nitrogen and oxygen atoms in total. The summed E-state index contributed by atoms with van der Waals surface area (Å²) in [5.41, 5.74) is 0.647. The molecule has 1 N–H and O–H groups in total. The second kappa shape index (κ2) is 3.35. The second-order valence-electron chi connectivity index (χ2n) is 4.79. The van der Waals surface area contributed by atoms with Crippen LogP contribution < -0.4 is 9.64 Å². The summed E-state index contributed by atoms with van der Waals surface area (Å²) in [6.45, 7) is 1.48. The zero-order valence-corrected chi connectivity index (χ0v) is 9.39. The van der Waals surface area contributed by atoms with Crippen LogP contribution in [-0.4, -0.2) is 35.9 Å². The number of anilines is 1. The van der Waals surface area contributed by atoms with Crippen molar-refractivity contribution in [2.75, 3.05) is 25.1 Å². The fraction of sp³-hybridized carbons (Fsp3) is 0.583. The molecule has 3 rings (SSSR count). The van der Waals surface area contributed by atoms with Crippen molar-refractivity contribution in [3.05, 3.63) is 18.3 Å². The molecule has 0 radical (unpaired) electrons. The summed E-state index contributed by atoms with van der Waals surface area (Å²) < 4.78 is 5.09. The molecule has 1 aromatic heterocycles. The summed E-state index contributed by atoms with van der Waals surface area (Å²) in [5.74, 6) is 1.16. The topological polar surface area (TPSA) is 45.6 Å². The molecule has 0 amide bonds. The quantitative estimate of drug-likeness (QED) is 0.827. The van der Waals surface area contributed by atoms with E-state index >= 15 is 0 Å². The van der Waals surface area contributed by atoms with E-state index in [9.17, 15) is 5.11 Å². The van der Waals surface area contributed by atoms with E-state index in [1.807, 2.05) is 12.1 Å². The second-order valence-corrected chi connectivity index (χ2v) is 4.79. The molecular weight excluding hydrogens is 204 g/mol. The van der Waals surface area contributed by atoms with E-state index in [-0.39, 0.29) is 0 Å². The van der Waals surface area contributed by atoms with Gasteiger partial charge in [0.15, 0.2) is 0 Å². The molecular formula is C12H16N2O2. The van der Waals surface area contributed by atoms with Crippen molar-refractivity contribution < 1.29 is 9.84 Å². The van der Waals surface area contributed by atoms with Gasteiger partial charge < -0.3 is 14.7 Å². The first-order valence-electron chi connectivity index (χ1n) is 5.69. The van der Waals surface area contributed by atoms with Crippen molar-refractivity contribution in [2.45, 2.75) is 18.4 Å². The van der Waals surface area contributed by atoms with Crippen molar-refractivity contribution in [3.8, 4) is 5.88 Å². The van der Waals surface area contributed by atoms with E-state index in [1.165, 1.54) is 12.8 Å². The number of hydrogen-bond acceptors (Lipinski definition) is 4. The molecule has 1 aliphatic carbocycles. The fourth-order valence-corrected chi connectivity index (χ4v) is 2.38. The van der Waals surface area contributed by atoms with Crippen LogP contribution in [-0.2, 0) is 0 Å². The molecule has 4 heteroatoms. The highest BCUT2D eigenvalue weighted by atomic mass is 16.5. The molecule has 1 aliphatic heterocycles. The molecule has 0 atom stereocenters. The van der Waals surface area contributed by atoms with Crippen molar-refractivity contribution >= 4 is 5.69 Å². The molecule has 0 unspecified atom stereocenters. The van der Waals surface area contributed by atoms with Gasteiger partial charge in [0.1, 0.15) is 5.60 Å². The van der Waals surface area contributed by atoms with Gasteiger partial charge in [-0.2, -0.15) is 0 Å². The molecule has 86 valence electrons. The Morgan fingerprint density at radius 2 is 2.25 bits per heavy atom. The Balaban J connectivity index is 1.70. The largest absolute Gasteiger partial charge is 0.481 e. The van der Waals surface area contributed by atoms with Gasteiger partial charge in [0.05, 0.1) is 7.11 Å². The third-order valence-corrected chi connectivity index (χ3v) is 3.56. The molecule has 0 spiro atoms. The maximum absolute atomic E-state index is 10.2. The lowest BCUT2D eigenvalue weighted by molar-refractivity contribution is -0.00933. The average molecular weight is 220 g/mol. The number of nitrogens with zero attached hydrogens (tertiary/aromatic N) is 2. The first-order valence-corrected chi connectivity index (χ1v) is 5.69. The lowest BCUT2D eigenvalue weighted by atomic mass is 9.88. The fourth-order valence-electron chi connectivity index (χ4n) is 2.38. The van der Waals surface area contributed by atoms with Crippen molar-refractivity contribution in [1.82, 2.24) is 4.98 Å². The zero-order valence-electron chi connectivity index (χ0n) is 9.39. The van der Waals surface area contributed by atoms with E-state index in [0.717, 1.165) is 18.8 Å². The normalized spacial score (nSPS) is 22.8. The lowest BCUT2D eigenvalue weighted by Gasteiger charge is -2.48. The first kappa shape index (κ1) is 9.90. The molecule has 2 heterocycles. The molecule has 1 saturated heterocycles. The summed E-state index contributed by atoms with van der Waals surface area (Å²) in [5, 5.41) is 10.2. The van der Waals surface area contributed by atoms with Gasteiger partial charge in [0.25, 0.3) is 0 Å². The molecule has 2 aliphatic rings. The summed E-state index contributed by atoms with van der Waals surface area (Å²) in [7, 11) is 1.61. The highest BCUT2D eigenvalue weighted by Crippen LogP contribution is 2.45. The summed E-state index contributed by atoms with van der Waals surface area (Å²) in [6.07, 6.45) is 4.11. The van der Waals surface area contributed by atoms with Crippen molar-refractivity contribution in [3.63, 3.8) is 0 Å². The number of ether oxygens (including phenoxy) is 1. The van der Waals surface area contributed by atoms with Gasteiger partial charge in [-0.05, 0) is 24.8 Å². The highest BCUT2D eigenvalue weighted by molar-refractivity contribution is 5.52. The Morgan fingerprint density at radius 1 is 1.50 bits per heavy atom. The van der Waals surface area contributed by atoms with Crippen molar-refractivity contribution in [2.24, 2.45) is 5.92 Å². The maximum atomic E-state index is 10.2. The van der Waals surface area contributed by atoms with Gasteiger partial charge in [-0.25, -0.2) is 4.98 Å². The zero-order chi connectivity index (χ0) is 11.2. The maximum Gasteiger partial charge on any atom is 0.214 e. The Kier molecular flexibility index (Phi) is 2.07. The number of hydrogen-bond donors (Lipinski definition) is 1. The molecule has 0 bridgehead atoms. The van der Waals surface area contributed by atoms with Crippen LogP contribution >= 0.6 is 0 Å². The van der Waals surface area contributed by atoms with Crippen LogP contribution in [0.15, 0.2) is 18.3 Å². The van der Waals surface area contributed by atoms with Crippen LogP contribution in [0.4, 0.5) is 5.69 Å². The minimum absolute atomic E-state index is 0.434. The number of β-amino-alcohol motifs (C(OH)–C–C–N with tert-alkyl or cyclic N) is 1. The number of aromatic nitrogens is 1. The van der Waals surface area contributed by atoms with Crippen molar-refractivity contribution in [1.29, 1.82) is 0 Å². The number of aliphatic hydroxyl groups is 1. The minimum atomic E-state index is -0.434. The van der Waals surface area contributed by atoms with Gasteiger partial charge in [-0.15, -0.1) is 0 Å². The van der Waals surface area contributed by atoms with Gasteiger partial charge in [0.2, 0.25) is 5.88 Å². The van der Waals surface area contributed by atoms with E-state index in [0.29, 0.717) is 11.8 Å². The number of pyridine rings is 1. The summed E-state index contributed by atoms with van der Waals surface area (Å²) in [6, 6.07) is 3.86. The van der Waals surface area contributed by atoms with Gasteiger partial charge in [-0.1, -0.05) is 0 Å². The van der Waals surface area contributed by atoms with E-state index < -0.39 is 5.60 Å². The van der Waals surface area contributed by atoms with E-state index in [1.54, 1.807) is 13.3 Å². The molecule has 2 fully saturated rings. The summed E-state index contributed by atoms with van der Waals surface area (Å²) in [4.78, 5) is 6.24. The number of rotatable bonds is 3. The smallest absolute Gasteiger partial charge is 0.214 e. The van der Waals surface area contributed by atoms with Crippen LogP contribution in [0.2, 0.25) is 0 Å². The van der Waals surface area contributed by atoms with E-state index in [2.05, 4.69) is 9.88 Å². The third kappa shape index (κ3) is 1.53. The van der Waals surface area contributed by atoms with E-state index in [4.69, 9.17) is 4.74 Å². The first-order chi connectivity index (χ1) is 7.71. The SMILES string of the molecule is COc1cc(N2CC(O)(C3CC3)C2)ccn1. The van der Waals surface area contributed by atoms with Crippen LogP contribution in [0.5, 0.6) is 5.88 Å². The molecule has 16 heavy (non-hydrogen) atoms. The third-order valence-electron chi connectivity index (χ3n) is 3.56. The van der Waals surface area contributed by atoms with Gasteiger partial charge in [0, 0.05) is 31.0 Å². The lowest BCUT2D eigenvalue weighted by Crippen LogP contribution is -2.63. The Hall–Kier alpha value is -1.29. The van der Waals surface area contributed by atoms with Crippen LogP contribution in [0.25, 0.3) is 0 Å². The molecule has 0 aromatic carbocycles. The standard InChI is InChI=1S/C12H16N2O2/c1-16-11-6-10(4-5-13-11)14-7-12(15,8-14)9-2-3-9/h4-6,9,15H,2-3,7-8H2,1H3. The Bertz CT molecular complexity index is 398. The van der Waals surface area contributed by atoms with Gasteiger partial charge >= 0.3 is 0 Å². The summed E-state index contributed by atoms with van der Waals surface area (Å²) >= 11 is 0. The Morgan fingerprint density at radius 3 is 2.88 bits per heavy atom. The monoisotopic (exact) mass is 220 g/mol. The van der Waals surface area contributed by atoms with Gasteiger partial charge in [-0.3, -0.25) is 0 Å². The molecule has 1 aromatic rings. The van der Waals surface area contributed by atoms with Crippen LogP contribution in [0, 0.1) is 5.92 Å². The van der Waals surface area contributed by atoms with Crippen LogP contribution in [0.1, 0.15) is 12.8 Å². The molecule has 1 saturated carbocycles. The Labute approximate surface area is 94.9 Å². The predicted octanol–water partition coefficient (Wildman–Crippen LogP) is 1.05.